The Morgan fingerprint density at radius 1 is 1.38 bits per heavy atom. The summed E-state index contributed by atoms with van der Waals surface area (Å²) in [4.78, 5) is 0. The summed E-state index contributed by atoms with van der Waals surface area (Å²) in [5.41, 5.74) is 0.957. The van der Waals surface area contributed by atoms with Gasteiger partial charge < -0.3 is 5.11 Å². The fourth-order valence-electron chi connectivity index (χ4n) is 2.04. The predicted molar refractivity (Wildman–Crippen MR) is 56.5 cm³/mol. The Labute approximate surface area is 81.2 Å². The van der Waals surface area contributed by atoms with Crippen molar-refractivity contribution in [1.82, 2.24) is 0 Å². The first-order chi connectivity index (χ1) is 6.24. The molecular weight excluding hydrogens is 160 g/mol. The van der Waals surface area contributed by atoms with Crippen molar-refractivity contribution in [1.29, 1.82) is 0 Å². The molecule has 0 heterocycles. The topological polar surface area (TPSA) is 20.2 Å². The van der Waals surface area contributed by atoms with Crippen LogP contribution in [0, 0.1) is 5.92 Å². The molecule has 1 saturated carbocycles. The van der Waals surface area contributed by atoms with Gasteiger partial charge >= 0.3 is 0 Å². The lowest BCUT2D eigenvalue weighted by Gasteiger charge is -2.26. The van der Waals surface area contributed by atoms with Crippen molar-refractivity contribution >= 4 is 0 Å². The quantitative estimate of drug-likeness (QED) is 0.659. The Bertz CT molecular complexity index is 178. The summed E-state index contributed by atoms with van der Waals surface area (Å²) in [6, 6.07) is 0. The van der Waals surface area contributed by atoms with Crippen LogP contribution in [0.25, 0.3) is 0 Å². The first-order valence-electron chi connectivity index (χ1n) is 5.22. The van der Waals surface area contributed by atoms with Crippen LogP contribution in [0.2, 0.25) is 0 Å². The molecule has 1 heteroatoms. The Kier molecular flexibility index (Phi) is 4.23. The van der Waals surface area contributed by atoms with Crippen molar-refractivity contribution in [2.45, 2.75) is 44.6 Å². The minimum absolute atomic E-state index is 0.189. The number of rotatable bonds is 4. The number of aliphatic hydroxyl groups excluding tert-OH is 1. The van der Waals surface area contributed by atoms with E-state index in [0.717, 1.165) is 5.57 Å². The van der Waals surface area contributed by atoms with Crippen LogP contribution < -0.4 is 0 Å². The van der Waals surface area contributed by atoms with Gasteiger partial charge in [0.25, 0.3) is 0 Å². The maximum Gasteiger partial charge on any atom is 0.0608 e. The molecule has 0 amide bonds. The normalized spacial score (nSPS) is 21.0. The van der Waals surface area contributed by atoms with Crippen LogP contribution in [0.4, 0.5) is 0 Å². The van der Waals surface area contributed by atoms with Crippen LogP contribution in [0.5, 0.6) is 0 Å². The highest BCUT2D eigenvalue weighted by Crippen LogP contribution is 2.28. The van der Waals surface area contributed by atoms with Crippen molar-refractivity contribution < 1.29 is 5.11 Å². The maximum atomic E-state index is 9.87. The van der Waals surface area contributed by atoms with Crippen molar-refractivity contribution in [2.75, 3.05) is 0 Å². The zero-order valence-corrected chi connectivity index (χ0v) is 8.34. The van der Waals surface area contributed by atoms with Crippen LogP contribution in [-0.2, 0) is 0 Å². The van der Waals surface area contributed by atoms with E-state index in [1.54, 1.807) is 6.08 Å². The van der Waals surface area contributed by atoms with Crippen molar-refractivity contribution in [2.24, 2.45) is 5.92 Å². The highest BCUT2D eigenvalue weighted by Gasteiger charge is 2.21. The van der Waals surface area contributed by atoms with Gasteiger partial charge in [0.1, 0.15) is 0 Å². The average molecular weight is 180 g/mol. The fourth-order valence-corrected chi connectivity index (χ4v) is 2.04. The molecule has 1 aliphatic rings. The van der Waals surface area contributed by atoms with E-state index in [9.17, 15) is 5.11 Å². The molecule has 0 spiro atoms. The molecule has 13 heavy (non-hydrogen) atoms. The number of hydrogen-bond acceptors (Lipinski definition) is 1. The summed E-state index contributed by atoms with van der Waals surface area (Å²) < 4.78 is 0. The van der Waals surface area contributed by atoms with Gasteiger partial charge in [0.2, 0.25) is 0 Å². The second-order valence-corrected chi connectivity index (χ2v) is 4.03. The molecule has 1 atom stereocenters. The van der Waals surface area contributed by atoms with Crippen molar-refractivity contribution in [3.63, 3.8) is 0 Å². The molecule has 1 rings (SSSR count). The highest BCUT2D eigenvalue weighted by atomic mass is 16.3. The molecule has 0 unspecified atom stereocenters. The van der Waals surface area contributed by atoms with E-state index in [-0.39, 0.29) is 6.10 Å². The second kappa shape index (κ2) is 5.23. The zero-order valence-electron chi connectivity index (χ0n) is 8.34. The van der Waals surface area contributed by atoms with E-state index < -0.39 is 0 Å². The van der Waals surface area contributed by atoms with Crippen molar-refractivity contribution in [3.05, 3.63) is 24.8 Å². The summed E-state index contributed by atoms with van der Waals surface area (Å²) in [6.45, 7) is 7.48. The van der Waals surface area contributed by atoms with Gasteiger partial charge in [-0.1, -0.05) is 44.1 Å². The Balaban J connectivity index is 2.32. The number of allylic oxidation sites excluding steroid dienone is 1. The van der Waals surface area contributed by atoms with E-state index in [4.69, 9.17) is 0 Å². The first-order valence-corrected chi connectivity index (χ1v) is 5.22. The van der Waals surface area contributed by atoms with Crippen molar-refractivity contribution in [3.8, 4) is 0 Å². The highest BCUT2D eigenvalue weighted by molar-refractivity contribution is 5.12. The van der Waals surface area contributed by atoms with E-state index in [0.29, 0.717) is 12.3 Å². The van der Waals surface area contributed by atoms with E-state index in [1.807, 2.05) is 0 Å². The molecule has 0 aliphatic heterocycles. The summed E-state index contributed by atoms with van der Waals surface area (Å²) >= 11 is 0. The number of hydrogen-bond donors (Lipinski definition) is 1. The fraction of sp³-hybridized carbons (Fsp3) is 0.667. The Morgan fingerprint density at radius 2 is 2.00 bits per heavy atom. The number of aliphatic hydroxyl groups is 1. The third-order valence-corrected chi connectivity index (χ3v) is 2.95. The van der Waals surface area contributed by atoms with Crippen LogP contribution >= 0.6 is 0 Å². The summed E-state index contributed by atoms with van der Waals surface area (Å²) in [7, 11) is 0. The largest absolute Gasteiger partial charge is 0.392 e. The minimum Gasteiger partial charge on any atom is -0.392 e. The molecule has 0 aromatic carbocycles. The van der Waals surface area contributed by atoms with Crippen LogP contribution in [-0.4, -0.2) is 11.2 Å². The third kappa shape index (κ3) is 3.35. The third-order valence-electron chi connectivity index (χ3n) is 2.95. The van der Waals surface area contributed by atoms with E-state index in [1.165, 1.54) is 32.1 Å². The van der Waals surface area contributed by atoms with Gasteiger partial charge in [0, 0.05) is 0 Å². The monoisotopic (exact) mass is 180 g/mol. The van der Waals surface area contributed by atoms with Gasteiger partial charge in [-0.15, -0.1) is 0 Å². The SMILES string of the molecule is C=CC(=C)C[C@H](O)C1CCCCC1. The summed E-state index contributed by atoms with van der Waals surface area (Å²) in [5, 5.41) is 9.87. The molecule has 1 N–H and O–H groups in total. The lowest BCUT2D eigenvalue weighted by atomic mass is 9.83. The molecular formula is C12H20O. The van der Waals surface area contributed by atoms with E-state index in [2.05, 4.69) is 13.2 Å². The molecule has 1 aliphatic carbocycles. The van der Waals surface area contributed by atoms with E-state index >= 15 is 0 Å². The first kappa shape index (κ1) is 10.5. The molecule has 0 bridgehead atoms. The van der Waals surface area contributed by atoms with Gasteiger partial charge in [0.15, 0.2) is 0 Å². The molecule has 1 fully saturated rings. The zero-order chi connectivity index (χ0) is 9.68. The summed E-state index contributed by atoms with van der Waals surface area (Å²) in [5.74, 6) is 0.505. The van der Waals surface area contributed by atoms with Crippen LogP contribution in [0.3, 0.4) is 0 Å². The molecule has 74 valence electrons. The Hall–Kier alpha value is -0.560. The maximum absolute atomic E-state index is 9.87. The van der Waals surface area contributed by atoms with Crippen LogP contribution in [0.15, 0.2) is 24.8 Å². The minimum atomic E-state index is -0.189. The summed E-state index contributed by atoms with van der Waals surface area (Å²) in [6.07, 6.45) is 8.53. The smallest absolute Gasteiger partial charge is 0.0608 e. The lowest BCUT2D eigenvalue weighted by molar-refractivity contribution is 0.0858. The van der Waals surface area contributed by atoms with Crippen LogP contribution in [0.1, 0.15) is 38.5 Å². The second-order valence-electron chi connectivity index (χ2n) is 4.03. The van der Waals surface area contributed by atoms with Gasteiger partial charge in [-0.3, -0.25) is 0 Å². The molecule has 0 saturated heterocycles. The molecule has 1 nitrogen and oxygen atoms in total. The predicted octanol–water partition coefficient (Wildman–Crippen LogP) is 3.06. The average Bonchev–Trinajstić information content (AvgIpc) is 2.19. The molecule has 0 radical (unpaired) electrons. The molecule has 0 aromatic heterocycles. The Morgan fingerprint density at radius 3 is 2.54 bits per heavy atom. The standard InChI is InChI=1S/C12H20O/c1-3-10(2)9-12(13)11-7-5-4-6-8-11/h3,11-13H,1-2,4-9H2/t12-/m0/s1. The lowest BCUT2D eigenvalue weighted by Crippen LogP contribution is -2.22. The van der Waals surface area contributed by atoms with Gasteiger partial charge in [0.05, 0.1) is 6.10 Å². The van der Waals surface area contributed by atoms with Gasteiger partial charge in [-0.25, -0.2) is 0 Å². The molecule has 0 aromatic rings. The van der Waals surface area contributed by atoms with Gasteiger partial charge in [-0.05, 0) is 25.2 Å². The van der Waals surface area contributed by atoms with Gasteiger partial charge in [-0.2, -0.15) is 0 Å².